The van der Waals surface area contributed by atoms with Crippen molar-refractivity contribution in [1.29, 1.82) is 0 Å². The molecule has 0 rings (SSSR count). The first-order valence-corrected chi connectivity index (χ1v) is 2.35. The van der Waals surface area contributed by atoms with Crippen molar-refractivity contribution in [2.24, 2.45) is 0 Å². The molecule has 56 valence electrons. The molecule has 0 spiro atoms. The van der Waals surface area contributed by atoms with E-state index >= 15 is 0 Å². The van der Waals surface area contributed by atoms with Crippen LogP contribution in [0.25, 0.3) is 0 Å². The summed E-state index contributed by atoms with van der Waals surface area (Å²) >= 11 is 0. The molecule has 0 heterocycles. The number of rotatable bonds is 0. The summed E-state index contributed by atoms with van der Waals surface area (Å²) in [6, 6.07) is 0. The van der Waals surface area contributed by atoms with Crippen molar-refractivity contribution in [3.05, 3.63) is 0 Å². The summed E-state index contributed by atoms with van der Waals surface area (Å²) in [4.78, 5) is 21.6. The van der Waals surface area contributed by atoms with Crippen molar-refractivity contribution >= 4 is 53.9 Å². The van der Waals surface area contributed by atoms with Crippen LogP contribution >= 0.6 is 7.82 Å². The summed E-state index contributed by atoms with van der Waals surface area (Å²) in [5.41, 5.74) is 0. The monoisotopic (exact) mass is 186 g/mol. The van der Waals surface area contributed by atoms with Gasteiger partial charge in [0.15, 0.2) is 0 Å². The second kappa shape index (κ2) is 12.3. The van der Waals surface area contributed by atoms with Gasteiger partial charge in [-0.25, -0.2) is 4.57 Å². The Balaban J connectivity index is -0.00000000286. The van der Waals surface area contributed by atoms with Crippen LogP contribution in [0.5, 0.6) is 0 Å². The Morgan fingerprint density at radius 3 is 1.00 bits per heavy atom. The number of hydrogen-bond donors (Lipinski definition) is 3. The van der Waals surface area contributed by atoms with Gasteiger partial charge in [0.2, 0.25) is 0 Å². The third-order valence-electron chi connectivity index (χ3n) is 0. The van der Waals surface area contributed by atoms with E-state index in [1.165, 1.54) is 0 Å². The Labute approximate surface area is 89.7 Å². The van der Waals surface area contributed by atoms with E-state index in [9.17, 15) is 0 Å². The van der Waals surface area contributed by atoms with E-state index in [1.807, 2.05) is 0 Å². The van der Waals surface area contributed by atoms with Gasteiger partial charge < -0.3 is 31.3 Å². The molecule has 0 radical (unpaired) electrons. The van der Waals surface area contributed by atoms with Crippen LogP contribution in [-0.2, 0) is 4.57 Å². The quantitative estimate of drug-likeness (QED) is 0.276. The molecule has 0 saturated heterocycles. The Hall–Kier alpha value is 1.56. The minimum Gasteiger partial charge on any atom is -1.00 e. The molecular formula is H11Mg2O6P. The molecule has 0 saturated carbocycles. The molecule has 7 N–H and O–H groups in total. The third-order valence-corrected chi connectivity index (χ3v) is 0. The summed E-state index contributed by atoms with van der Waals surface area (Å²) in [5.74, 6) is 0. The van der Waals surface area contributed by atoms with E-state index in [-0.39, 0.29) is 62.8 Å². The van der Waals surface area contributed by atoms with Crippen molar-refractivity contribution in [2.75, 3.05) is 0 Å². The van der Waals surface area contributed by atoms with E-state index < -0.39 is 7.82 Å². The molecule has 0 aliphatic carbocycles. The summed E-state index contributed by atoms with van der Waals surface area (Å²) in [6.45, 7) is 0. The maximum Gasteiger partial charge on any atom is 2.00 e. The van der Waals surface area contributed by atoms with Crippen LogP contribution in [0.4, 0.5) is 0 Å². The predicted octanol–water partition coefficient (Wildman–Crippen LogP) is -2.89. The largest absolute Gasteiger partial charge is 2.00 e. The van der Waals surface area contributed by atoms with Gasteiger partial charge in [0.25, 0.3) is 0 Å². The fourth-order valence-electron chi connectivity index (χ4n) is 0. The van der Waals surface area contributed by atoms with Gasteiger partial charge >= 0.3 is 53.9 Å². The molecular weight excluding hydrogens is 176 g/mol. The van der Waals surface area contributed by atoms with Crippen molar-refractivity contribution in [1.82, 2.24) is 0 Å². The van der Waals surface area contributed by atoms with Crippen LogP contribution in [0.1, 0.15) is 5.71 Å². The van der Waals surface area contributed by atoms with Gasteiger partial charge in [-0.1, -0.05) is 0 Å². The van der Waals surface area contributed by atoms with Gasteiger partial charge in [0.1, 0.15) is 0 Å². The first-order valence-electron chi connectivity index (χ1n) is 0.783. The van der Waals surface area contributed by atoms with Crippen LogP contribution < -0.4 is 0 Å². The average molecular weight is 187 g/mol. The van der Waals surface area contributed by atoms with Crippen molar-refractivity contribution in [2.45, 2.75) is 0 Å². The van der Waals surface area contributed by atoms with Crippen molar-refractivity contribution in [3.8, 4) is 0 Å². The molecule has 0 amide bonds. The van der Waals surface area contributed by atoms with Gasteiger partial charge in [-0.05, 0) is 0 Å². The van der Waals surface area contributed by atoms with Crippen molar-refractivity contribution in [3.63, 3.8) is 0 Å². The normalized spacial score (nSPS) is 6.56. The van der Waals surface area contributed by atoms with E-state index in [0.717, 1.165) is 0 Å². The Kier molecular flexibility index (Phi) is 42.5. The Morgan fingerprint density at radius 2 is 1.00 bits per heavy atom. The maximum absolute atomic E-state index is 8.88. The second-order valence-electron chi connectivity index (χ2n) is 0.513. The van der Waals surface area contributed by atoms with Crippen molar-refractivity contribution < 1.29 is 35.9 Å². The maximum atomic E-state index is 8.88. The predicted molar refractivity (Wildman–Crippen MR) is 37.4 cm³/mol. The van der Waals surface area contributed by atoms with Crippen LogP contribution in [-0.4, -0.2) is 71.7 Å². The van der Waals surface area contributed by atoms with Crippen LogP contribution in [0.2, 0.25) is 0 Å². The van der Waals surface area contributed by atoms with E-state index in [1.54, 1.807) is 0 Å². The van der Waals surface area contributed by atoms with Gasteiger partial charge in [-0.2, -0.15) is 0 Å². The van der Waals surface area contributed by atoms with Gasteiger partial charge in [0, 0.05) is 0 Å². The summed E-state index contributed by atoms with van der Waals surface area (Å²) in [6.07, 6.45) is 0. The fraction of sp³-hybridized carbons (Fsp3) is 0. The zero-order valence-corrected chi connectivity index (χ0v) is 8.33. The molecule has 0 aliphatic heterocycles. The van der Waals surface area contributed by atoms with E-state index in [2.05, 4.69) is 0 Å². The minimum absolute atomic E-state index is 0. The average Bonchev–Trinajstić information content (AvgIpc) is 0.722. The number of hydrogen-bond acceptors (Lipinski definition) is 1. The fourth-order valence-corrected chi connectivity index (χ4v) is 0. The van der Waals surface area contributed by atoms with Gasteiger partial charge in [-0.3, -0.25) is 0 Å². The van der Waals surface area contributed by atoms with Gasteiger partial charge in [-0.15, -0.1) is 0 Å². The zero-order chi connectivity index (χ0) is 4.50. The van der Waals surface area contributed by atoms with E-state index in [0.29, 0.717) is 0 Å². The molecule has 9 heavy (non-hydrogen) atoms. The van der Waals surface area contributed by atoms with Crippen LogP contribution in [0.15, 0.2) is 0 Å². The zero-order valence-electron chi connectivity index (χ0n) is 8.61. The molecule has 0 atom stereocenters. The molecule has 0 unspecified atom stereocenters. The summed E-state index contributed by atoms with van der Waals surface area (Å²) < 4.78 is 8.88. The van der Waals surface area contributed by atoms with Crippen LogP contribution in [0.3, 0.4) is 0 Å². The van der Waals surface area contributed by atoms with E-state index in [4.69, 9.17) is 19.2 Å². The smallest absolute Gasteiger partial charge is 1.00 e. The standard InChI is InChI=1S/2Mg.H3O4P.2H2O.4H/c;;1-5(2,3)4;;;;;;/h;;(H3,1,2,3,4);2*1H2;;;;/q2*+2;;;;4*-1. The summed E-state index contributed by atoms with van der Waals surface area (Å²) in [5, 5.41) is 0. The molecule has 0 bridgehead atoms. The molecule has 6 nitrogen and oxygen atoms in total. The molecule has 9 heteroatoms. The molecule has 0 aliphatic rings. The first kappa shape index (κ1) is 31.2. The topological polar surface area (TPSA) is 141 Å². The number of phosphoric acid groups is 1. The summed E-state index contributed by atoms with van der Waals surface area (Å²) in [7, 11) is -4.64. The molecule has 0 aromatic heterocycles. The Morgan fingerprint density at radius 1 is 1.00 bits per heavy atom. The minimum atomic E-state index is -4.64. The molecule has 0 fully saturated rings. The third kappa shape index (κ3) is 224. The molecule has 0 aromatic carbocycles. The van der Waals surface area contributed by atoms with Gasteiger partial charge in [0.05, 0.1) is 0 Å². The SMILES string of the molecule is O.O.O=P(O)(O)O.[H-].[H-].[H-].[H-].[Mg+2].[Mg+2]. The molecule has 0 aromatic rings. The second-order valence-corrected chi connectivity index (χ2v) is 1.54. The first-order chi connectivity index (χ1) is 2.00. The Bertz CT molecular complexity index is 68.8. The van der Waals surface area contributed by atoms with Crippen LogP contribution in [0, 0.1) is 0 Å².